The van der Waals surface area contributed by atoms with Crippen molar-refractivity contribution in [2.75, 3.05) is 20.1 Å². The molecule has 1 aliphatic heterocycles. The van der Waals surface area contributed by atoms with Crippen LogP contribution in [0.1, 0.15) is 79.2 Å². The van der Waals surface area contributed by atoms with Gasteiger partial charge < -0.3 is 25.2 Å². The fourth-order valence-corrected chi connectivity index (χ4v) is 5.27. The summed E-state index contributed by atoms with van der Waals surface area (Å²) < 4.78 is 13.0. The highest BCUT2D eigenvalue weighted by Crippen LogP contribution is 2.38. The minimum absolute atomic E-state index is 0.0111. The minimum Gasteiger partial charge on any atom is -0.392 e. The van der Waals surface area contributed by atoms with E-state index in [0.29, 0.717) is 19.5 Å². The summed E-state index contributed by atoms with van der Waals surface area (Å²) in [6.45, 7) is 4.23. The monoisotopic (exact) mass is 587 g/mol. The molecular weight excluding hydrogens is 542 g/mol. The zero-order valence-electron chi connectivity index (χ0n) is 25.3. The number of hydrogen-bond donors (Lipinski definition) is 3. The number of hydrogen-bond acceptors (Lipinski definition) is 6. The molecule has 3 unspecified atom stereocenters. The molecule has 3 N–H and O–H groups in total. The van der Waals surface area contributed by atoms with E-state index < -0.39 is 6.29 Å². The highest BCUT2D eigenvalue weighted by atomic mass is 16.7. The lowest BCUT2D eigenvalue weighted by atomic mass is 9.99. The average Bonchev–Trinajstić information content (AvgIpc) is 3.02. The normalized spacial score (nSPS) is 18.4. The first-order chi connectivity index (χ1) is 20.9. The molecule has 0 bridgehead atoms. The number of rotatable bonds is 15. The Morgan fingerprint density at radius 3 is 2.23 bits per heavy atom. The molecule has 1 aliphatic rings. The quantitative estimate of drug-likeness (QED) is 0.212. The van der Waals surface area contributed by atoms with Gasteiger partial charge in [0.05, 0.1) is 18.8 Å². The molecular formula is C35H45N3O5. The molecule has 0 spiro atoms. The predicted octanol–water partition coefficient (Wildman–Crippen LogP) is 5.17. The van der Waals surface area contributed by atoms with Gasteiger partial charge in [-0.05, 0) is 42.1 Å². The molecule has 0 aliphatic carbocycles. The van der Waals surface area contributed by atoms with Crippen LogP contribution in [0.4, 0.5) is 0 Å². The molecule has 8 heteroatoms. The number of nitrogens with one attached hydrogen (secondary N) is 2. The first kappa shape index (κ1) is 32.4. The maximum absolute atomic E-state index is 12.3. The summed E-state index contributed by atoms with van der Waals surface area (Å²) in [5, 5.41) is 15.2. The zero-order valence-corrected chi connectivity index (χ0v) is 25.3. The van der Waals surface area contributed by atoms with E-state index in [4.69, 9.17) is 9.47 Å². The van der Waals surface area contributed by atoms with Crippen LogP contribution in [0.5, 0.6) is 0 Å². The summed E-state index contributed by atoms with van der Waals surface area (Å²) >= 11 is 0. The number of likely N-dealkylation sites (N-methyl/N-ethyl adjacent to an activating group) is 1. The predicted molar refractivity (Wildman–Crippen MR) is 167 cm³/mol. The second-order valence-electron chi connectivity index (χ2n) is 11.3. The molecule has 1 heterocycles. The van der Waals surface area contributed by atoms with Crippen molar-refractivity contribution in [1.82, 2.24) is 15.5 Å². The molecule has 4 rings (SSSR count). The van der Waals surface area contributed by atoms with Gasteiger partial charge in [-0.15, -0.1) is 0 Å². The lowest BCUT2D eigenvalue weighted by Crippen LogP contribution is -2.37. The zero-order chi connectivity index (χ0) is 30.4. The number of unbranched alkanes of at least 4 members (excludes halogenated alkanes) is 2. The number of carbonyl (C=O) groups excluding carboxylic acids is 2. The molecule has 3 atom stereocenters. The number of carbonyl (C=O) groups is 2. The van der Waals surface area contributed by atoms with E-state index >= 15 is 0 Å². The summed E-state index contributed by atoms with van der Waals surface area (Å²) in [7, 11) is 2.11. The van der Waals surface area contributed by atoms with Crippen LogP contribution < -0.4 is 10.6 Å². The van der Waals surface area contributed by atoms with Gasteiger partial charge in [-0.25, -0.2) is 0 Å². The van der Waals surface area contributed by atoms with Gasteiger partial charge in [0, 0.05) is 51.5 Å². The largest absolute Gasteiger partial charge is 0.392 e. The van der Waals surface area contributed by atoms with Crippen LogP contribution in [0.3, 0.4) is 0 Å². The summed E-state index contributed by atoms with van der Waals surface area (Å²) in [4.78, 5) is 25.5. The van der Waals surface area contributed by atoms with Gasteiger partial charge in [-0.3, -0.25) is 14.5 Å². The summed E-state index contributed by atoms with van der Waals surface area (Å²) in [5.41, 5.74) is 5.14. The van der Waals surface area contributed by atoms with Gasteiger partial charge in [0.15, 0.2) is 6.29 Å². The smallest absolute Gasteiger partial charge is 0.220 e. The van der Waals surface area contributed by atoms with Gasteiger partial charge in [-0.1, -0.05) is 85.3 Å². The summed E-state index contributed by atoms with van der Waals surface area (Å²) in [6, 6.07) is 26.4. The third-order valence-corrected chi connectivity index (χ3v) is 7.62. The Morgan fingerprint density at radius 1 is 0.837 bits per heavy atom. The fourth-order valence-electron chi connectivity index (χ4n) is 5.27. The molecule has 3 aromatic carbocycles. The molecule has 43 heavy (non-hydrogen) atoms. The van der Waals surface area contributed by atoms with Crippen molar-refractivity contribution in [2.45, 2.75) is 77.2 Å². The van der Waals surface area contributed by atoms with Gasteiger partial charge in [0.2, 0.25) is 11.8 Å². The van der Waals surface area contributed by atoms with Gasteiger partial charge in [-0.2, -0.15) is 0 Å². The van der Waals surface area contributed by atoms with E-state index in [0.717, 1.165) is 61.0 Å². The summed E-state index contributed by atoms with van der Waals surface area (Å²) in [6.07, 6.45) is 3.08. The Labute approximate surface area is 255 Å². The van der Waals surface area contributed by atoms with Crippen molar-refractivity contribution in [3.8, 4) is 0 Å². The Morgan fingerprint density at radius 2 is 1.53 bits per heavy atom. The molecule has 1 saturated heterocycles. The highest BCUT2D eigenvalue weighted by Gasteiger charge is 2.32. The maximum Gasteiger partial charge on any atom is 0.220 e. The second-order valence-corrected chi connectivity index (χ2v) is 11.3. The number of nitrogens with zero attached hydrogens (tertiary/aromatic N) is 1. The molecule has 2 amide bonds. The molecule has 8 nitrogen and oxygen atoms in total. The van der Waals surface area contributed by atoms with Crippen LogP contribution in [0.15, 0.2) is 78.9 Å². The topological polar surface area (TPSA) is 100 Å². The molecule has 3 aromatic rings. The van der Waals surface area contributed by atoms with E-state index in [-0.39, 0.29) is 30.6 Å². The van der Waals surface area contributed by atoms with Gasteiger partial charge in [0.1, 0.15) is 0 Å². The standard InChI is InChI=1S/C35H45N3O5/c1-26(40)36-20-8-4-7-11-34(41)37-22-27-12-18-31(19-13-27)35-42-32(24-38(2)23-28-9-5-3-6-10-28)21-33(43-35)30-16-14-29(25-39)15-17-30/h3,5-6,9-10,12-19,32-33,35,39H,4,7-8,11,20-25H2,1-2H3,(H,36,40)(H,37,41). The second kappa shape index (κ2) is 16.9. The number of aliphatic hydroxyl groups excluding tert-OH is 1. The van der Waals surface area contributed by atoms with Crippen LogP contribution in [0, 0.1) is 0 Å². The van der Waals surface area contributed by atoms with E-state index in [9.17, 15) is 14.7 Å². The fraction of sp³-hybridized carbons (Fsp3) is 0.429. The number of aliphatic hydroxyl groups is 1. The third kappa shape index (κ3) is 10.9. The molecule has 0 aromatic heterocycles. The molecule has 0 radical (unpaired) electrons. The van der Waals surface area contributed by atoms with E-state index in [1.165, 1.54) is 12.5 Å². The Bertz CT molecular complexity index is 1270. The van der Waals surface area contributed by atoms with E-state index in [1.54, 1.807) is 0 Å². The van der Waals surface area contributed by atoms with Crippen molar-refractivity contribution in [3.63, 3.8) is 0 Å². The van der Waals surface area contributed by atoms with Crippen LogP contribution in [0.25, 0.3) is 0 Å². The van der Waals surface area contributed by atoms with Gasteiger partial charge >= 0.3 is 0 Å². The molecule has 1 fully saturated rings. The maximum atomic E-state index is 12.3. The summed E-state index contributed by atoms with van der Waals surface area (Å²) in [5.74, 6) is 0.00468. The van der Waals surface area contributed by atoms with Crippen LogP contribution in [-0.2, 0) is 38.8 Å². The van der Waals surface area contributed by atoms with E-state index in [1.807, 2.05) is 54.6 Å². The van der Waals surface area contributed by atoms with Crippen molar-refractivity contribution < 1.29 is 24.2 Å². The third-order valence-electron chi connectivity index (χ3n) is 7.62. The Hall–Kier alpha value is -3.56. The Balaban J connectivity index is 1.33. The lowest BCUT2D eigenvalue weighted by Gasteiger charge is -2.38. The average molecular weight is 588 g/mol. The number of benzene rings is 3. The number of ether oxygens (including phenoxy) is 2. The van der Waals surface area contributed by atoms with Crippen molar-refractivity contribution in [3.05, 3.63) is 107 Å². The molecule has 0 saturated carbocycles. The highest BCUT2D eigenvalue weighted by molar-refractivity contribution is 5.75. The van der Waals surface area contributed by atoms with Crippen molar-refractivity contribution >= 4 is 11.8 Å². The van der Waals surface area contributed by atoms with E-state index in [2.05, 4.69) is 46.8 Å². The van der Waals surface area contributed by atoms with Crippen LogP contribution >= 0.6 is 0 Å². The van der Waals surface area contributed by atoms with Gasteiger partial charge in [0.25, 0.3) is 0 Å². The lowest BCUT2D eigenvalue weighted by molar-refractivity contribution is -0.252. The first-order valence-electron chi connectivity index (χ1n) is 15.2. The SMILES string of the molecule is CC(=O)NCCCCCC(=O)NCc1ccc(C2OC(CN(C)Cc3ccccc3)CC(c3ccc(CO)cc3)O2)cc1. The minimum atomic E-state index is -0.521. The molecule has 230 valence electrons. The van der Waals surface area contributed by atoms with Crippen molar-refractivity contribution in [2.24, 2.45) is 0 Å². The van der Waals surface area contributed by atoms with Crippen molar-refractivity contribution in [1.29, 1.82) is 0 Å². The van der Waals surface area contributed by atoms with Crippen LogP contribution in [0.2, 0.25) is 0 Å². The van der Waals surface area contributed by atoms with Crippen LogP contribution in [-0.4, -0.2) is 48.1 Å². The Kier molecular flexibility index (Phi) is 12.7. The number of amides is 2. The first-order valence-corrected chi connectivity index (χ1v) is 15.2.